The van der Waals surface area contributed by atoms with Crippen LogP contribution in [0.2, 0.25) is 0 Å². The predicted octanol–water partition coefficient (Wildman–Crippen LogP) is 2.58. The average Bonchev–Trinajstić information content (AvgIpc) is 2.00. The van der Waals surface area contributed by atoms with E-state index in [-0.39, 0.29) is 12.0 Å². The summed E-state index contributed by atoms with van der Waals surface area (Å²) in [7, 11) is 0. The zero-order valence-electron chi connectivity index (χ0n) is 7.09. The number of aliphatic hydroxyl groups is 1. The molecule has 1 N–H and O–H groups in total. The van der Waals surface area contributed by atoms with Crippen molar-refractivity contribution in [1.29, 1.82) is 0 Å². The van der Waals surface area contributed by atoms with Gasteiger partial charge in [-0.3, -0.25) is 0 Å². The van der Waals surface area contributed by atoms with E-state index in [1.54, 1.807) is 6.08 Å². The molecule has 0 aromatic rings. The maximum Gasteiger partial charge on any atom is 0.0603 e. The van der Waals surface area contributed by atoms with E-state index in [2.05, 4.69) is 13.5 Å². The smallest absolute Gasteiger partial charge is 0.0603 e. The number of hydrogen-bond donors (Lipinski definition) is 1. The van der Waals surface area contributed by atoms with Gasteiger partial charge in [0.15, 0.2) is 0 Å². The van der Waals surface area contributed by atoms with Crippen LogP contribution in [0.1, 0.15) is 26.2 Å². The molecule has 0 spiro atoms. The third kappa shape index (κ3) is 4.44. The predicted molar refractivity (Wildman–Crippen MR) is 49.9 cm³/mol. The lowest BCUT2D eigenvalue weighted by Gasteiger charge is -2.17. The van der Waals surface area contributed by atoms with Gasteiger partial charge in [0.25, 0.3) is 0 Å². The van der Waals surface area contributed by atoms with E-state index in [4.69, 9.17) is 11.6 Å². The van der Waals surface area contributed by atoms with Crippen molar-refractivity contribution in [2.24, 2.45) is 5.92 Å². The van der Waals surface area contributed by atoms with Gasteiger partial charge in [0.1, 0.15) is 0 Å². The lowest BCUT2D eigenvalue weighted by Crippen LogP contribution is -2.18. The fraction of sp³-hybridized carbons (Fsp3) is 0.778. The molecule has 1 nitrogen and oxygen atoms in total. The summed E-state index contributed by atoms with van der Waals surface area (Å²) in [5, 5.41) is 9.51. The Morgan fingerprint density at radius 2 is 2.18 bits per heavy atom. The lowest BCUT2D eigenvalue weighted by molar-refractivity contribution is 0.118. The molecular weight excluding hydrogens is 160 g/mol. The van der Waals surface area contributed by atoms with Crippen molar-refractivity contribution in [3.8, 4) is 0 Å². The molecule has 66 valence electrons. The molecule has 11 heavy (non-hydrogen) atoms. The van der Waals surface area contributed by atoms with Gasteiger partial charge < -0.3 is 5.11 Å². The minimum absolute atomic E-state index is 0.174. The molecule has 0 bridgehead atoms. The van der Waals surface area contributed by atoms with Crippen molar-refractivity contribution in [2.45, 2.75) is 32.3 Å². The SMILES string of the molecule is C=C[C@H](CCCl)[C@H](O)CCC. The molecule has 0 unspecified atom stereocenters. The van der Waals surface area contributed by atoms with Crippen molar-refractivity contribution in [1.82, 2.24) is 0 Å². The molecule has 0 saturated heterocycles. The molecule has 0 aliphatic carbocycles. The van der Waals surface area contributed by atoms with Crippen molar-refractivity contribution in [2.75, 3.05) is 5.88 Å². The molecule has 2 heteroatoms. The second kappa shape index (κ2) is 6.68. The van der Waals surface area contributed by atoms with Crippen LogP contribution in [-0.4, -0.2) is 17.1 Å². The highest BCUT2D eigenvalue weighted by molar-refractivity contribution is 6.17. The summed E-state index contributed by atoms with van der Waals surface area (Å²) in [5.41, 5.74) is 0. The standard InChI is InChI=1S/C9H17ClO/c1-3-5-9(11)8(4-2)6-7-10/h4,8-9,11H,2-3,5-7H2,1H3/t8-,9-/m1/s1. The molecule has 0 aromatic carbocycles. The summed E-state index contributed by atoms with van der Waals surface area (Å²) in [6.45, 7) is 5.72. The fourth-order valence-corrected chi connectivity index (χ4v) is 1.36. The van der Waals surface area contributed by atoms with Crippen LogP contribution in [0, 0.1) is 5.92 Å². The summed E-state index contributed by atoms with van der Waals surface area (Å²) in [6, 6.07) is 0. The topological polar surface area (TPSA) is 20.2 Å². The molecule has 0 saturated carbocycles. The Morgan fingerprint density at radius 1 is 1.55 bits per heavy atom. The second-order valence-corrected chi connectivity index (χ2v) is 3.11. The maximum atomic E-state index is 9.51. The quantitative estimate of drug-likeness (QED) is 0.487. The number of aliphatic hydroxyl groups excluding tert-OH is 1. The van der Waals surface area contributed by atoms with Gasteiger partial charge in [-0.25, -0.2) is 0 Å². The summed E-state index contributed by atoms with van der Waals surface area (Å²) < 4.78 is 0. The van der Waals surface area contributed by atoms with E-state index in [1.165, 1.54) is 0 Å². The molecule has 0 aliphatic heterocycles. The Hall–Kier alpha value is -0.0100. The van der Waals surface area contributed by atoms with E-state index in [1.807, 2.05) is 0 Å². The zero-order valence-corrected chi connectivity index (χ0v) is 7.85. The number of halogens is 1. The van der Waals surface area contributed by atoms with Crippen LogP contribution in [0.3, 0.4) is 0 Å². The monoisotopic (exact) mass is 176 g/mol. The van der Waals surface area contributed by atoms with Gasteiger partial charge in [0, 0.05) is 11.8 Å². The number of rotatable bonds is 6. The molecular formula is C9H17ClO. The van der Waals surface area contributed by atoms with E-state index in [9.17, 15) is 5.11 Å². The van der Waals surface area contributed by atoms with Gasteiger partial charge in [0.2, 0.25) is 0 Å². The highest BCUT2D eigenvalue weighted by Crippen LogP contribution is 2.15. The van der Waals surface area contributed by atoms with Crippen molar-refractivity contribution >= 4 is 11.6 Å². The molecule has 0 heterocycles. The summed E-state index contributed by atoms with van der Waals surface area (Å²) in [4.78, 5) is 0. The van der Waals surface area contributed by atoms with Gasteiger partial charge in [-0.05, 0) is 12.8 Å². The second-order valence-electron chi connectivity index (χ2n) is 2.73. The van der Waals surface area contributed by atoms with Gasteiger partial charge in [-0.2, -0.15) is 0 Å². The maximum absolute atomic E-state index is 9.51. The highest BCUT2D eigenvalue weighted by atomic mass is 35.5. The largest absolute Gasteiger partial charge is 0.393 e. The molecule has 0 radical (unpaired) electrons. The fourth-order valence-electron chi connectivity index (χ4n) is 1.10. The average molecular weight is 177 g/mol. The Morgan fingerprint density at radius 3 is 2.55 bits per heavy atom. The van der Waals surface area contributed by atoms with Crippen LogP contribution in [0.25, 0.3) is 0 Å². The zero-order chi connectivity index (χ0) is 8.69. The van der Waals surface area contributed by atoms with Crippen molar-refractivity contribution < 1.29 is 5.11 Å². The first-order chi connectivity index (χ1) is 5.26. The summed E-state index contributed by atoms with van der Waals surface area (Å²) >= 11 is 5.56. The van der Waals surface area contributed by atoms with Gasteiger partial charge in [0.05, 0.1) is 6.10 Å². The summed E-state index contributed by atoms with van der Waals surface area (Å²) in [5.74, 6) is 0.768. The lowest BCUT2D eigenvalue weighted by atomic mass is 9.96. The van der Waals surface area contributed by atoms with Crippen LogP contribution >= 0.6 is 11.6 Å². The highest BCUT2D eigenvalue weighted by Gasteiger charge is 2.13. The van der Waals surface area contributed by atoms with E-state index in [0.29, 0.717) is 5.88 Å². The molecule has 0 amide bonds. The minimum Gasteiger partial charge on any atom is -0.393 e. The third-order valence-electron chi connectivity index (χ3n) is 1.82. The van der Waals surface area contributed by atoms with Crippen LogP contribution < -0.4 is 0 Å². The van der Waals surface area contributed by atoms with Crippen molar-refractivity contribution in [3.63, 3.8) is 0 Å². The first-order valence-electron chi connectivity index (χ1n) is 4.12. The molecule has 0 aliphatic rings. The minimum atomic E-state index is -0.253. The van der Waals surface area contributed by atoms with Gasteiger partial charge >= 0.3 is 0 Å². The Balaban J connectivity index is 3.70. The molecule has 0 fully saturated rings. The van der Waals surface area contributed by atoms with Gasteiger partial charge in [-0.15, -0.1) is 18.2 Å². The van der Waals surface area contributed by atoms with Crippen LogP contribution in [0.5, 0.6) is 0 Å². The summed E-state index contributed by atoms with van der Waals surface area (Å²) in [6.07, 6.45) is 4.22. The van der Waals surface area contributed by atoms with Gasteiger partial charge in [-0.1, -0.05) is 19.4 Å². The molecule has 2 atom stereocenters. The van der Waals surface area contributed by atoms with E-state index >= 15 is 0 Å². The molecule has 0 aromatic heterocycles. The normalized spacial score (nSPS) is 15.9. The molecule has 0 rings (SSSR count). The Labute approximate surface area is 74.1 Å². The first kappa shape index (κ1) is 11.0. The van der Waals surface area contributed by atoms with Crippen LogP contribution in [-0.2, 0) is 0 Å². The third-order valence-corrected chi connectivity index (χ3v) is 2.04. The van der Waals surface area contributed by atoms with E-state index in [0.717, 1.165) is 19.3 Å². The number of alkyl halides is 1. The Bertz CT molecular complexity index is 104. The van der Waals surface area contributed by atoms with Crippen LogP contribution in [0.4, 0.5) is 0 Å². The first-order valence-corrected chi connectivity index (χ1v) is 4.66. The Kier molecular flexibility index (Phi) is 6.68. The number of hydrogen-bond acceptors (Lipinski definition) is 1. The van der Waals surface area contributed by atoms with Crippen molar-refractivity contribution in [3.05, 3.63) is 12.7 Å². The van der Waals surface area contributed by atoms with Crippen LogP contribution in [0.15, 0.2) is 12.7 Å². The van der Waals surface area contributed by atoms with E-state index < -0.39 is 0 Å².